The lowest BCUT2D eigenvalue weighted by Gasteiger charge is -2.26. The van der Waals surface area contributed by atoms with Crippen molar-refractivity contribution in [3.05, 3.63) is 12.2 Å². The Kier molecular flexibility index (Phi) is 6.17. The molecule has 4 unspecified atom stereocenters. The average Bonchev–Trinajstić information content (AvgIpc) is 2.31. The molecule has 1 aliphatic carbocycles. The van der Waals surface area contributed by atoms with Crippen LogP contribution in [0.2, 0.25) is 0 Å². The van der Waals surface area contributed by atoms with Gasteiger partial charge in [-0.2, -0.15) is 0 Å². The second-order valence-corrected chi connectivity index (χ2v) is 4.34. The van der Waals surface area contributed by atoms with Crippen LogP contribution in [0.4, 0.5) is 4.79 Å². The van der Waals surface area contributed by atoms with Crippen LogP contribution in [0.1, 0.15) is 12.8 Å². The van der Waals surface area contributed by atoms with E-state index >= 15 is 0 Å². The smallest absolute Gasteiger partial charge is 0.416 e. The van der Waals surface area contributed by atoms with Gasteiger partial charge < -0.3 is 19.7 Å². The lowest BCUT2D eigenvalue weighted by molar-refractivity contribution is -0.0337. The first-order valence-corrected chi connectivity index (χ1v) is 6.29. The van der Waals surface area contributed by atoms with Crippen LogP contribution < -0.4 is 3.53 Å². The quantitative estimate of drug-likeness (QED) is 0.381. The van der Waals surface area contributed by atoms with Gasteiger partial charge in [-0.25, -0.2) is 4.79 Å². The van der Waals surface area contributed by atoms with E-state index in [-0.39, 0.29) is 12.5 Å². The summed E-state index contributed by atoms with van der Waals surface area (Å²) in [5, 5.41) is 19.4. The molecule has 6 nitrogen and oxygen atoms in total. The van der Waals surface area contributed by atoms with Crippen molar-refractivity contribution in [2.75, 3.05) is 7.11 Å². The highest BCUT2D eigenvalue weighted by Crippen LogP contribution is 2.17. The zero-order valence-corrected chi connectivity index (χ0v) is 11.5. The van der Waals surface area contributed by atoms with Gasteiger partial charge in [0.2, 0.25) is 0 Å². The van der Waals surface area contributed by atoms with E-state index in [1.807, 2.05) is 0 Å². The number of amides is 1. The summed E-state index contributed by atoms with van der Waals surface area (Å²) in [5.74, 6) is 0. The number of hydrogen-bond acceptors (Lipinski definition) is 5. The van der Waals surface area contributed by atoms with Gasteiger partial charge >= 0.3 is 6.09 Å². The number of carbonyl (C=O) groups excluding carboxylic acids is 1. The second kappa shape index (κ2) is 7.14. The molecule has 7 heteroatoms. The van der Waals surface area contributed by atoms with Crippen LogP contribution in [0.3, 0.4) is 0 Å². The fourth-order valence-electron chi connectivity index (χ4n) is 1.62. The number of nitrogens with one attached hydrogen (secondary N) is 1. The fraction of sp³-hybridized carbons (Fsp3) is 0.700. The van der Waals surface area contributed by atoms with Gasteiger partial charge in [-0.05, 0) is 6.08 Å². The highest BCUT2D eigenvalue weighted by Gasteiger charge is 2.26. The molecule has 0 fully saturated rings. The van der Waals surface area contributed by atoms with Crippen LogP contribution in [-0.4, -0.2) is 47.8 Å². The number of aliphatic hydroxyl groups excluding tert-OH is 2. The molecule has 0 aromatic carbocycles. The largest absolute Gasteiger partial charge is 0.441 e. The third-order valence-corrected chi connectivity index (χ3v) is 3.01. The van der Waals surface area contributed by atoms with Gasteiger partial charge in [-0.15, -0.1) is 0 Å². The van der Waals surface area contributed by atoms with E-state index in [1.54, 1.807) is 35.0 Å². The molecule has 1 aliphatic rings. The third kappa shape index (κ3) is 4.78. The molecule has 3 N–H and O–H groups in total. The SMILES string of the molecule is COC1/C=C/C(OC(=O)NI)CC(O)C(O)C1. The molecular formula is C10H16INO5. The Morgan fingerprint density at radius 1 is 1.29 bits per heavy atom. The zero-order valence-electron chi connectivity index (χ0n) is 9.38. The van der Waals surface area contributed by atoms with Crippen molar-refractivity contribution in [1.29, 1.82) is 0 Å². The van der Waals surface area contributed by atoms with E-state index in [0.717, 1.165) is 0 Å². The van der Waals surface area contributed by atoms with E-state index in [4.69, 9.17) is 9.47 Å². The molecule has 0 spiro atoms. The highest BCUT2D eigenvalue weighted by molar-refractivity contribution is 14.1. The molecule has 1 amide bonds. The van der Waals surface area contributed by atoms with Crippen LogP contribution in [0.5, 0.6) is 0 Å². The van der Waals surface area contributed by atoms with Crippen LogP contribution in [-0.2, 0) is 9.47 Å². The average molecular weight is 357 g/mol. The van der Waals surface area contributed by atoms with Gasteiger partial charge in [0.25, 0.3) is 0 Å². The number of rotatable bonds is 2. The van der Waals surface area contributed by atoms with Crippen molar-refractivity contribution in [3.63, 3.8) is 0 Å². The van der Waals surface area contributed by atoms with Gasteiger partial charge in [0.15, 0.2) is 0 Å². The minimum absolute atomic E-state index is 0.165. The lowest BCUT2D eigenvalue weighted by atomic mass is 9.97. The monoisotopic (exact) mass is 357 g/mol. The van der Waals surface area contributed by atoms with Gasteiger partial charge in [-0.1, -0.05) is 6.08 Å². The van der Waals surface area contributed by atoms with Crippen LogP contribution in [0.15, 0.2) is 12.2 Å². The molecule has 0 aromatic rings. The van der Waals surface area contributed by atoms with Crippen molar-refractivity contribution < 1.29 is 24.5 Å². The maximum absolute atomic E-state index is 11.1. The molecule has 98 valence electrons. The van der Waals surface area contributed by atoms with Crippen LogP contribution in [0.25, 0.3) is 0 Å². The molecule has 0 heterocycles. The summed E-state index contributed by atoms with van der Waals surface area (Å²) in [6.07, 6.45) is 0.577. The Hall–Kier alpha value is -0.380. The number of methoxy groups -OCH3 is 1. The number of halogens is 1. The molecule has 0 aliphatic heterocycles. The number of aliphatic hydroxyl groups is 2. The van der Waals surface area contributed by atoms with Crippen molar-refractivity contribution in [3.8, 4) is 0 Å². The van der Waals surface area contributed by atoms with E-state index in [2.05, 4.69) is 3.53 Å². The topological polar surface area (TPSA) is 88.0 Å². The van der Waals surface area contributed by atoms with Gasteiger partial charge in [0.05, 0.1) is 41.2 Å². The summed E-state index contributed by atoms with van der Waals surface area (Å²) < 4.78 is 12.4. The predicted octanol–water partition coefficient (Wildman–Crippen LogP) is 0.518. The minimum Gasteiger partial charge on any atom is -0.441 e. The highest BCUT2D eigenvalue weighted by atomic mass is 127. The third-order valence-electron chi connectivity index (χ3n) is 2.57. The zero-order chi connectivity index (χ0) is 12.8. The molecule has 0 aromatic heterocycles. The molecule has 0 saturated heterocycles. The molecule has 17 heavy (non-hydrogen) atoms. The maximum Gasteiger partial charge on any atom is 0.416 e. The lowest BCUT2D eigenvalue weighted by Crippen LogP contribution is -2.36. The summed E-state index contributed by atoms with van der Waals surface area (Å²) in [5.41, 5.74) is 0. The Morgan fingerprint density at radius 2 is 1.82 bits per heavy atom. The Balaban J connectivity index is 2.69. The van der Waals surface area contributed by atoms with Crippen molar-refractivity contribution in [1.82, 2.24) is 3.53 Å². The maximum atomic E-state index is 11.1. The van der Waals surface area contributed by atoms with Crippen molar-refractivity contribution >= 4 is 29.0 Å². The van der Waals surface area contributed by atoms with Gasteiger partial charge in [0.1, 0.15) is 6.10 Å². The van der Waals surface area contributed by atoms with E-state index in [1.165, 1.54) is 7.11 Å². The summed E-state index contributed by atoms with van der Waals surface area (Å²) in [6, 6.07) is 0. The van der Waals surface area contributed by atoms with E-state index in [0.29, 0.717) is 6.42 Å². The summed E-state index contributed by atoms with van der Waals surface area (Å²) in [6.45, 7) is 0. The first-order chi connectivity index (χ1) is 8.06. The van der Waals surface area contributed by atoms with Crippen molar-refractivity contribution in [2.45, 2.75) is 37.3 Å². The molecule has 1 rings (SSSR count). The molecule has 4 atom stereocenters. The number of hydrogen-bond donors (Lipinski definition) is 3. The first-order valence-electron chi connectivity index (χ1n) is 5.21. The predicted molar refractivity (Wildman–Crippen MR) is 68.6 cm³/mol. The summed E-state index contributed by atoms with van der Waals surface area (Å²) in [7, 11) is 1.52. The molecule has 0 saturated carbocycles. The molecular weight excluding hydrogens is 341 g/mol. The normalized spacial score (nSPS) is 35.5. The Bertz CT molecular complexity index is 286. The Morgan fingerprint density at radius 3 is 2.35 bits per heavy atom. The second-order valence-electron chi connectivity index (χ2n) is 3.80. The summed E-state index contributed by atoms with van der Waals surface area (Å²) >= 11 is 1.66. The fourth-order valence-corrected chi connectivity index (χ4v) is 1.74. The van der Waals surface area contributed by atoms with Crippen molar-refractivity contribution in [2.24, 2.45) is 0 Å². The van der Waals surface area contributed by atoms with Gasteiger partial charge in [0, 0.05) is 20.0 Å². The van der Waals surface area contributed by atoms with E-state index in [9.17, 15) is 15.0 Å². The summed E-state index contributed by atoms with van der Waals surface area (Å²) in [4.78, 5) is 11.1. The Labute approximate surface area is 113 Å². The number of carbonyl (C=O) groups is 1. The number of ether oxygens (including phenoxy) is 2. The van der Waals surface area contributed by atoms with Gasteiger partial charge in [-0.3, -0.25) is 3.53 Å². The molecule has 0 radical (unpaired) electrons. The standard InChI is InChI=1S/C10H16INO5/c1-16-6-2-3-7(17-10(15)12-11)5-9(14)8(13)4-6/h2-3,6-9,13-14H,4-5H2,1H3,(H,12,15)/b3-2+. The van der Waals surface area contributed by atoms with Crippen LogP contribution >= 0.6 is 22.9 Å². The first kappa shape index (κ1) is 14.7. The van der Waals surface area contributed by atoms with Crippen LogP contribution in [0, 0.1) is 0 Å². The molecule has 0 bridgehead atoms. The van der Waals surface area contributed by atoms with E-state index < -0.39 is 24.4 Å². The minimum atomic E-state index is -0.940.